The van der Waals surface area contributed by atoms with Crippen molar-refractivity contribution in [2.75, 3.05) is 21.3 Å². The highest BCUT2D eigenvalue weighted by Gasteiger charge is 2.33. The lowest BCUT2D eigenvalue weighted by atomic mass is 10.0. The molecule has 0 saturated heterocycles. The van der Waals surface area contributed by atoms with E-state index in [9.17, 15) is 14.4 Å². The van der Waals surface area contributed by atoms with Gasteiger partial charge in [0.05, 0.1) is 27.0 Å². The van der Waals surface area contributed by atoms with Crippen molar-refractivity contribution in [2.45, 2.75) is 6.92 Å². The van der Waals surface area contributed by atoms with Crippen LogP contribution in [0.15, 0.2) is 24.3 Å². The number of rotatable bonds is 4. The molecule has 0 radical (unpaired) electrons. The van der Waals surface area contributed by atoms with Gasteiger partial charge in [-0.3, -0.25) is 0 Å². The molecule has 7 heteroatoms. The van der Waals surface area contributed by atoms with E-state index in [1.165, 1.54) is 14.2 Å². The van der Waals surface area contributed by atoms with Crippen molar-refractivity contribution < 1.29 is 28.6 Å². The van der Waals surface area contributed by atoms with Crippen molar-refractivity contribution in [3.63, 3.8) is 0 Å². The molecule has 0 atom stereocenters. The monoisotopic (exact) mass is 331 g/mol. The number of hydrogen-bond donors (Lipinski definition) is 1. The van der Waals surface area contributed by atoms with Gasteiger partial charge in [0.15, 0.2) is 0 Å². The van der Waals surface area contributed by atoms with Crippen LogP contribution in [-0.2, 0) is 14.2 Å². The second-order valence-electron chi connectivity index (χ2n) is 4.97. The third-order valence-corrected chi connectivity index (χ3v) is 3.51. The molecule has 0 fully saturated rings. The number of benzene rings is 1. The van der Waals surface area contributed by atoms with Crippen LogP contribution in [-0.4, -0.2) is 44.2 Å². The molecule has 1 heterocycles. The van der Waals surface area contributed by atoms with Gasteiger partial charge in [0.2, 0.25) is 0 Å². The van der Waals surface area contributed by atoms with Gasteiger partial charge in [-0.2, -0.15) is 0 Å². The maximum Gasteiger partial charge on any atom is 0.355 e. The first kappa shape index (κ1) is 17.3. The third-order valence-electron chi connectivity index (χ3n) is 3.51. The van der Waals surface area contributed by atoms with Crippen LogP contribution in [0.25, 0.3) is 11.3 Å². The summed E-state index contributed by atoms with van der Waals surface area (Å²) in [6, 6.07) is 7.20. The van der Waals surface area contributed by atoms with Crippen molar-refractivity contribution >= 4 is 17.9 Å². The van der Waals surface area contributed by atoms with Crippen molar-refractivity contribution in [3.05, 3.63) is 46.6 Å². The summed E-state index contributed by atoms with van der Waals surface area (Å²) in [6.45, 7) is 1.92. The Labute approximate surface area is 138 Å². The molecule has 0 aliphatic carbocycles. The summed E-state index contributed by atoms with van der Waals surface area (Å²) in [5.41, 5.74) is 1.45. The van der Waals surface area contributed by atoms with Crippen LogP contribution in [0.2, 0.25) is 0 Å². The van der Waals surface area contributed by atoms with Crippen molar-refractivity contribution in [1.29, 1.82) is 0 Å². The van der Waals surface area contributed by atoms with Gasteiger partial charge in [0.1, 0.15) is 16.8 Å². The molecular formula is C17H17NO6. The molecular weight excluding hydrogens is 314 g/mol. The van der Waals surface area contributed by atoms with Crippen LogP contribution >= 0.6 is 0 Å². The second-order valence-corrected chi connectivity index (χ2v) is 4.97. The maximum atomic E-state index is 12.2. The number of hydrogen-bond acceptors (Lipinski definition) is 6. The smallest absolute Gasteiger partial charge is 0.355 e. The van der Waals surface area contributed by atoms with Crippen LogP contribution in [0, 0.1) is 6.92 Å². The van der Waals surface area contributed by atoms with Gasteiger partial charge in [0.25, 0.3) is 0 Å². The fourth-order valence-electron chi connectivity index (χ4n) is 2.30. The topological polar surface area (TPSA) is 94.7 Å². The number of aromatic amines is 1. The largest absolute Gasteiger partial charge is 0.465 e. The number of aromatic nitrogens is 1. The predicted molar refractivity (Wildman–Crippen MR) is 85.0 cm³/mol. The molecule has 0 saturated carbocycles. The summed E-state index contributed by atoms with van der Waals surface area (Å²) in [5.74, 6) is -2.40. The lowest BCUT2D eigenvalue weighted by Crippen LogP contribution is -2.14. The molecule has 0 spiro atoms. The fraction of sp³-hybridized carbons (Fsp3) is 0.235. The number of carbonyl (C=O) groups excluding carboxylic acids is 3. The predicted octanol–water partition coefficient (Wildman–Crippen LogP) is 2.35. The summed E-state index contributed by atoms with van der Waals surface area (Å²) < 4.78 is 14.1. The van der Waals surface area contributed by atoms with Crippen LogP contribution in [0.3, 0.4) is 0 Å². The third kappa shape index (κ3) is 3.01. The lowest BCUT2D eigenvalue weighted by molar-refractivity contribution is 0.0537. The quantitative estimate of drug-likeness (QED) is 0.682. The Morgan fingerprint density at radius 1 is 0.792 bits per heavy atom. The minimum absolute atomic E-state index is 0.0754. The standard InChI is InChI=1S/C17H17NO6/c1-9-5-7-10(8-6-9)13-11(15(19)22-2)12(16(20)23-3)14(18-13)17(21)24-4/h5-8,18H,1-4H3. The molecule has 1 aromatic carbocycles. The Morgan fingerprint density at radius 2 is 1.29 bits per heavy atom. The molecule has 0 unspecified atom stereocenters. The normalized spacial score (nSPS) is 10.2. The van der Waals surface area contributed by atoms with E-state index in [4.69, 9.17) is 9.47 Å². The van der Waals surface area contributed by atoms with Crippen molar-refractivity contribution in [2.24, 2.45) is 0 Å². The van der Waals surface area contributed by atoms with Crippen LogP contribution in [0.5, 0.6) is 0 Å². The average molecular weight is 331 g/mol. The molecule has 2 rings (SSSR count). The van der Waals surface area contributed by atoms with E-state index in [1.807, 2.05) is 19.1 Å². The molecule has 0 amide bonds. The van der Waals surface area contributed by atoms with Gasteiger partial charge >= 0.3 is 17.9 Å². The van der Waals surface area contributed by atoms with Crippen LogP contribution in [0.4, 0.5) is 0 Å². The summed E-state index contributed by atoms with van der Waals surface area (Å²) in [4.78, 5) is 39.2. The number of nitrogens with one attached hydrogen (secondary N) is 1. The average Bonchev–Trinajstić information content (AvgIpc) is 3.00. The number of aryl methyl sites for hydroxylation is 1. The van der Waals surface area contributed by atoms with Crippen LogP contribution in [0.1, 0.15) is 36.8 Å². The SMILES string of the molecule is COC(=O)c1[nH]c(-c2ccc(C)cc2)c(C(=O)OC)c1C(=O)OC. The van der Waals surface area contributed by atoms with E-state index in [0.29, 0.717) is 5.56 Å². The number of methoxy groups -OCH3 is 3. The highest BCUT2D eigenvalue weighted by Crippen LogP contribution is 2.30. The molecule has 0 bridgehead atoms. The molecule has 1 aromatic heterocycles. The van der Waals surface area contributed by atoms with Gasteiger partial charge in [0, 0.05) is 0 Å². The van der Waals surface area contributed by atoms with E-state index < -0.39 is 17.9 Å². The van der Waals surface area contributed by atoms with Gasteiger partial charge in [-0.25, -0.2) is 14.4 Å². The van der Waals surface area contributed by atoms with E-state index in [-0.39, 0.29) is 22.5 Å². The van der Waals surface area contributed by atoms with E-state index in [1.54, 1.807) is 12.1 Å². The Kier molecular flexibility index (Phi) is 5.03. The Morgan fingerprint density at radius 3 is 1.79 bits per heavy atom. The molecule has 0 aliphatic heterocycles. The zero-order valence-electron chi connectivity index (χ0n) is 13.8. The number of ether oxygens (including phenoxy) is 3. The maximum absolute atomic E-state index is 12.2. The van der Waals surface area contributed by atoms with Gasteiger partial charge < -0.3 is 19.2 Å². The molecule has 1 N–H and O–H groups in total. The summed E-state index contributed by atoms with van der Waals surface area (Å²) in [7, 11) is 3.52. The first-order valence-corrected chi connectivity index (χ1v) is 7.02. The highest BCUT2D eigenvalue weighted by atomic mass is 16.5. The minimum Gasteiger partial charge on any atom is -0.465 e. The zero-order valence-corrected chi connectivity index (χ0v) is 13.8. The van der Waals surface area contributed by atoms with Gasteiger partial charge in [-0.1, -0.05) is 29.8 Å². The molecule has 24 heavy (non-hydrogen) atoms. The Bertz CT molecular complexity index is 788. The Hall–Kier alpha value is -3.09. The van der Waals surface area contributed by atoms with E-state index >= 15 is 0 Å². The zero-order chi connectivity index (χ0) is 17.9. The van der Waals surface area contributed by atoms with E-state index in [0.717, 1.165) is 12.7 Å². The highest BCUT2D eigenvalue weighted by molar-refractivity contribution is 6.13. The van der Waals surface area contributed by atoms with Crippen LogP contribution < -0.4 is 0 Å². The first-order valence-electron chi connectivity index (χ1n) is 7.02. The van der Waals surface area contributed by atoms with Crippen molar-refractivity contribution in [3.8, 4) is 11.3 Å². The summed E-state index contributed by atoms with van der Waals surface area (Å²) in [6.07, 6.45) is 0. The molecule has 126 valence electrons. The fourth-order valence-corrected chi connectivity index (χ4v) is 2.30. The summed E-state index contributed by atoms with van der Waals surface area (Å²) >= 11 is 0. The summed E-state index contributed by atoms with van der Waals surface area (Å²) in [5, 5.41) is 0. The number of esters is 3. The Balaban J connectivity index is 2.80. The molecule has 0 aliphatic rings. The van der Waals surface area contributed by atoms with Gasteiger partial charge in [-0.15, -0.1) is 0 Å². The van der Waals surface area contributed by atoms with E-state index in [2.05, 4.69) is 9.72 Å². The molecule has 7 nitrogen and oxygen atoms in total. The number of carbonyl (C=O) groups is 3. The lowest BCUT2D eigenvalue weighted by Gasteiger charge is -2.05. The second kappa shape index (κ2) is 6.99. The minimum atomic E-state index is -0.842. The van der Waals surface area contributed by atoms with Gasteiger partial charge in [-0.05, 0) is 12.5 Å². The number of H-pyrrole nitrogens is 1. The first-order chi connectivity index (χ1) is 11.4. The molecule has 2 aromatic rings. The van der Waals surface area contributed by atoms with Crippen molar-refractivity contribution in [1.82, 2.24) is 4.98 Å².